The fourth-order valence-corrected chi connectivity index (χ4v) is 2.56. The van der Waals surface area contributed by atoms with E-state index in [1.54, 1.807) is 0 Å². The van der Waals surface area contributed by atoms with Crippen LogP contribution >= 0.6 is 0 Å². The van der Waals surface area contributed by atoms with Crippen LogP contribution in [0, 0.1) is 0 Å². The van der Waals surface area contributed by atoms with Crippen LogP contribution in [-0.2, 0) is 19.5 Å². The summed E-state index contributed by atoms with van der Waals surface area (Å²) < 4.78 is 4.17. The first kappa shape index (κ1) is 12.9. The molecule has 5 heteroatoms. The number of hydrogen-bond donors (Lipinski definition) is 1. The second kappa shape index (κ2) is 5.46. The highest BCUT2D eigenvalue weighted by molar-refractivity contribution is 5.81. The van der Waals surface area contributed by atoms with E-state index in [4.69, 9.17) is 10.8 Å². The van der Waals surface area contributed by atoms with E-state index >= 15 is 0 Å². The zero-order valence-corrected chi connectivity index (χ0v) is 11.7. The van der Waals surface area contributed by atoms with Gasteiger partial charge in [0.25, 0.3) is 0 Å². The number of fused-ring (bicyclic) bond motifs is 1. The minimum Gasteiger partial charge on any atom is -0.330 e. The molecule has 0 aliphatic heterocycles. The van der Waals surface area contributed by atoms with E-state index in [1.807, 2.05) is 17.1 Å². The highest BCUT2D eigenvalue weighted by atomic mass is 15.3. The fourth-order valence-electron chi connectivity index (χ4n) is 2.56. The van der Waals surface area contributed by atoms with Gasteiger partial charge in [0.15, 0.2) is 0 Å². The highest BCUT2D eigenvalue weighted by Crippen LogP contribution is 2.19. The number of imidazole rings is 1. The van der Waals surface area contributed by atoms with Gasteiger partial charge >= 0.3 is 0 Å². The molecule has 2 aromatic heterocycles. The third-order valence-corrected chi connectivity index (χ3v) is 3.52. The number of benzene rings is 1. The van der Waals surface area contributed by atoms with Crippen LogP contribution in [0.1, 0.15) is 18.4 Å². The van der Waals surface area contributed by atoms with Gasteiger partial charge < -0.3 is 10.3 Å². The summed E-state index contributed by atoms with van der Waals surface area (Å²) in [6.07, 6.45) is 4.61. The van der Waals surface area contributed by atoms with Gasteiger partial charge in [-0.15, -0.1) is 0 Å². The molecule has 0 radical (unpaired) electrons. The third kappa shape index (κ3) is 2.20. The second-order valence-corrected chi connectivity index (χ2v) is 4.79. The molecule has 0 aliphatic carbocycles. The maximum atomic E-state index is 5.63. The average molecular weight is 269 g/mol. The van der Waals surface area contributed by atoms with Crippen molar-refractivity contribution >= 4 is 10.9 Å². The Morgan fingerprint density at radius 3 is 2.90 bits per heavy atom. The Morgan fingerprint density at radius 1 is 1.25 bits per heavy atom. The molecule has 0 amide bonds. The van der Waals surface area contributed by atoms with Crippen molar-refractivity contribution in [3.05, 3.63) is 48.2 Å². The molecule has 0 unspecified atom stereocenters. The van der Waals surface area contributed by atoms with Crippen LogP contribution in [0.25, 0.3) is 10.9 Å². The molecule has 3 rings (SSSR count). The minimum absolute atomic E-state index is 0.612. The molecule has 104 valence electrons. The zero-order chi connectivity index (χ0) is 13.9. The molecular formula is C15H19N5. The summed E-state index contributed by atoms with van der Waals surface area (Å²) in [5.41, 5.74) is 7.89. The molecular weight excluding hydrogens is 250 g/mol. The van der Waals surface area contributed by atoms with Gasteiger partial charge in [0.05, 0.1) is 17.8 Å². The molecule has 0 spiro atoms. The number of rotatable bonds is 5. The predicted molar refractivity (Wildman–Crippen MR) is 79.5 cm³/mol. The lowest BCUT2D eigenvalue weighted by Gasteiger charge is -2.05. The Bertz CT molecular complexity index is 710. The van der Waals surface area contributed by atoms with E-state index in [-0.39, 0.29) is 0 Å². The Balaban J connectivity index is 2.00. The fraction of sp³-hybridized carbons (Fsp3) is 0.333. The average Bonchev–Trinajstić information content (AvgIpc) is 3.05. The number of aryl methyl sites for hydroxylation is 1. The molecule has 20 heavy (non-hydrogen) atoms. The summed E-state index contributed by atoms with van der Waals surface area (Å²) in [6.45, 7) is 4.34. The van der Waals surface area contributed by atoms with Gasteiger partial charge in [-0.2, -0.15) is 5.10 Å². The van der Waals surface area contributed by atoms with Crippen LogP contribution < -0.4 is 5.73 Å². The molecule has 0 saturated carbocycles. The normalized spacial score (nSPS) is 11.3. The summed E-state index contributed by atoms with van der Waals surface area (Å²) in [5, 5.41) is 5.93. The number of nitrogens with zero attached hydrogens (tertiary/aromatic N) is 4. The van der Waals surface area contributed by atoms with Crippen molar-refractivity contribution in [1.82, 2.24) is 19.3 Å². The molecule has 0 saturated heterocycles. The summed E-state index contributed by atoms with van der Waals surface area (Å²) in [4.78, 5) is 4.36. The van der Waals surface area contributed by atoms with Gasteiger partial charge in [0, 0.05) is 30.7 Å². The summed E-state index contributed by atoms with van der Waals surface area (Å²) in [5.74, 6) is 1.02. The lowest BCUT2D eigenvalue weighted by atomic mass is 10.2. The van der Waals surface area contributed by atoms with Crippen LogP contribution in [0.3, 0.4) is 0 Å². The Morgan fingerprint density at radius 2 is 2.10 bits per heavy atom. The number of para-hydroxylation sites is 1. The van der Waals surface area contributed by atoms with Crippen molar-refractivity contribution < 1.29 is 0 Å². The Labute approximate surface area is 118 Å². The monoisotopic (exact) mass is 269 g/mol. The maximum absolute atomic E-state index is 5.63. The first-order valence-corrected chi connectivity index (χ1v) is 6.98. The van der Waals surface area contributed by atoms with Crippen LogP contribution in [0.5, 0.6) is 0 Å². The predicted octanol–water partition coefficient (Wildman–Crippen LogP) is 1.80. The molecule has 2 N–H and O–H groups in total. The van der Waals surface area contributed by atoms with E-state index in [2.05, 4.69) is 40.7 Å². The van der Waals surface area contributed by atoms with Crippen molar-refractivity contribution in [2.75, 3.05) is 6.54 Å². The topological polar surface area (TPSA) is 61.7 Å². The number of nitrogens with two attached hydrogens (primary N) is 1. The van der Waals surface area contributed by atoms with Gasteiger partial charge in [-0.25, -0.2) is 4.98 Å². The van der Waals surface area contributed by atoms with Crippen molar-refractivity contribution in [3.8, 4) is 0 Å². The van der Waals surface area contributed by atoms with Crippen LogP contribution in [-0.4, -0.2) is 25.9 Å². The van der Waals surface area contributed by atoms with E-state index in [0.717, 1.165) is 31.0 Å². The van der Waals surface area contributed by atoms with Crippen LogP contribution in [0.4, 0.5) is 0 Å². The smallest absolute Gasteiger partial charge is 0.110 e. The first-order chi connectivity index (χ1) is 9.83. The molecule has 0 aliphatic rings. The largest absolute Gasteiger partial charge is 0.330 e. The zero-order valence-electron chi connectivity index (χ0n) is 11.7. The molecule has 1 aromatic carbocycles. The van der Waals surface area contributed by atoms with Crippen molar-refractivity contribution in [1.29, 1.82) is 0 Å². The maximum Gasteiger partial charge on any atom is 0.110 e. The van der Waals surface area contributed by atoms with Gasteiger partial charge in [0.1, 0.15) is 5.82 Å². The molecule has 3 aromatic rings. The quantitative estimate of drug-likeness (QED) is 0.768. The molecule has 2 heterocycles. The number of aromatic nitrogens is 4. The Kier molecular flexibility index (Phi) is 3.52. The van der Waals surface area contributed by atoms with E-state index in [1.165, 1.54) is 10.9 Å². The first-order valence-electron chi connectivity index (χ1n) is 6.98. The summed E-state index contributed by atoms with van der Waals surface area (Å²) in [7, 11) is 0. The molecule has 0 atom stereocenters. The summed E-state index contributed by atoms with van der Waals surface area (Å²) >= 11 is 0. The third-order valence-electron chi connectivity index (χ3n) is 3.52. The minimum atomic E-state index is 0.612. The Hall–Kier alpha value is -2.14. The van der Waals surface area contributed by atoms with Gasteiger partial charge in [0.2, 0.25) is 0 Å². The number of hydrogen-bond acceptors (Lipinski definition) is 3. The second-order valence-electron chi connectivity index (χ2n) is 4.79. The van der Waals surface area contributed by atoms with E-state index in [9.17, 15) is 0 Å². The van der Waals surface area contributed by atoms with Crippen LogP contribution in [0.2, 0.25) is 0 Å². The SMILES string of the molecule is CCn1nc(Cn2ccnc2CCN)c2ccccc21. The van der Waals surface area contributed by atoms with E-state index in [0.29, 0.717) is 6.54 Å². The van der Waals surface area contributed by atoms with Gasteiger partial charge in [-0.05, 0) is 19.5 Å². The highest BCUT2D eigenvalue weighted by Gasteiger charge is 2.11. The molecule has 5 nitrogen and oxygen atoms in total. The lowest BCUT2D eigenvalue weighted by Crippen LogP contribution is -2.11. The van der Waals surface area contributed by atoms with Crippen molar-refractivity contribution in [2.24, 2.45) is 5.73 Å². The van der Waals surface area contributed by atoms with Crippen molar-refractivity contribution in [2.45, 2.75) is 26.4 Å². The standard InChI is InChI=1S/C15H19N5/c1-2-20-14-6-4-3-5-12(14)13(18-20)11-19-10-9-17-15(19)7-8-16/h3-6,9-10H,2,7-8,11,16H2,1H3. The summed E-state index contributed by atoms with van der Waals surface area (Å²) in [6, 6.07) is 8.35. The van der Waals surface area contributed by atoms with Gasteiger partial charge in [-0.3, -0.25) is 4.68 Å². The van der Waals surface area contributed by atoms with Crippen LogP contribution in [0.15, 0.2) is 36.7 Å². The molecule has 0 bridgehead atoms. The lowest BCUT2D eigenvalue weighted by molar-refractivity contribution is 0.642. The van der Waals surface area contributed by atoms with Crippen molar-refractivity contribution in [3.63, 3.8) is 0 Å². The van der Waals surface area contributed by atoms with Gasteiger partial charge in [-0.1, -0.05) is 18.2 Å². The van der Waals surface area contributed by atoms with E-state index < -0.39 is 0 Å². The molecule has 0 fully saturated rings.